The van der Waals surface area contributed by atoms with Crippen LogP contribution in [-0.4, -0.2) is 19.9 Å². The third-order valence-corrected chi connectivity index (χ3v) is 5.51. The standard InChI is InChI=1S/C26H22N4O2/c1-17-7-6-10-20(13-17)27-25(31)22-14-21-24(29(22)16-19-8-4-3-5-9-19)28-23-12-11-18(2)15-30(23)26(21)32/h3-15H,16H2,1-2H3,(H,27,31). The number of rotatable bonds is 4. The third-order valence-electron chi connectivity index (χ3n) is 5.51. The second kappa shape index (κ2) is 7.81. The second-order valence-corrected chi connectivity index (χ2v) is 8.01. The number of hydrogen-bond acceptors (Lipinski definition) is 3. The molecule has 5 rings (SSSR count). The summed E-state index contributed by atoms with van der Waals surface area (Å²) in [5, 5.41) is 3.38. The van der Waals surface area contributed by atoms with Gasteiger partial charge in [-0.2, -0.15) is 0 Å². The Labute approximate surface area is 184 Å². The predicted octanol–water partition coefficient (Wildman–Crippen LogP) is 4.57. The molecule has 1 N–H and O–H groups in total. The van der Waals surface area contributed by atoms with Crippen LogP contribution in [-0.2, 0) is 6.54 Å². The lowest BCUT2D eigenvalue weighted by molar-refractivity contribution is 0.101. The Balaban J connectivity index is 1.70. The summed E-state index contributed by atoms with van der Waals surface area (Å²) in [6, 6.07) is 22.8. The first-order valence-corrected chi connectivity index (χ1v) is 10.4. The maximum Gasteiger partial charge on any atom is 0.272 e. The fraction of sp³-hybridized carbons (Fsp3) is 0.115. The molecule has 0 saturated heterocycles. The average molecular weight is 422 g/mol. The highest BCUT2D eigenvalue weighted by Crippen LogP contribution is 2.20. The molecule has 0 aliphatic rings. The summed E-state index contributed by atoms with van der Waals surface area (Å²) in [7, 11) is 0. The van der Waals surface area contributed by atoms with Gasteiger partial charge in [0.15, 0.2) is 0 Å². The average Bonchev–Trinajstić information content (AvgIpc) is 3.14. The van der Waals surface area contributed by atoms with E-state index in [0.717, 1.165) is 16.7 Å². The molecule has 0 fully saturated rings. The van der Waals surface area contributed by atoms with Gasteiger partial charge in [-0.3, -0.25) is 14.0 Å². The summed E-state index contributed by atoms with van der Waals surface area (Å²) in [5.74, 6) is -0.283. The van der Waals surface area contributed by atoms with Gasteiger partial charge in [-0.25, -0.2) is 4.98 Å². The molecule has 0 atom stereocenters. The van der Waals surface area contributed by atoms with Crippen LogP contribution in [0.5, 0.6) is 0 Å². The lowest BCUT2D eigenvalue weighted by Crippen LogP contribution is -2.18. The number of carbonyl (C=O) groups excluding carboxylic acids is 1. The second-order valence-electron chi connectivity index (χ2n) is 8.01. The van der Waals surface area contributed by atoms with Crippen LogP contribution in [0.1, 0.15) is 27.2 Å². The monoisotopic (exact) mass is 422 g/mol. The summed E-state index contributed by atoms with van der Waals surface area (Å²) in [6.07, 6.45) is 1.77. The van der Waals surface area contributed by atoms with E-state index in [2.05, 4.69) is 5.32 Å². The lowest BCUT2D eigenvalue weighted by Gasteiger charge is -2.12. The fourth-order valence-electron chi connectivity index (χ4n) is 3.94. The molecule has 6 heteroatoms. The Morgan fingerprint density at radius 2 is 1.75 bits per heavy atom. The minimum Gasteiger partial charge on any atom is -0.321 e. The number of anilines is 1. The largest absolute Gasteiger partial charge is 0.321 e. The van der Waals surface area contributed by atoms with Crippen LogP contribution in [0.15, 0.2) is 83.8 Å². The first-order valence-electron chi connectivity index (χ1n) is 10.4. The van der Waals surface area contributed by atoms with E-state index in [-0.39, 0.29) is 11.5 Å². The van der Waals surface area contributed by atoms with Gasteiger partial charge in [-0.15, -0.1) is 0 Å². The molecular weight excluding hydrogens is 400 g/mol. The number of pyridine rings is 1. The third kappa shape index (κ3) is 3.56. The van der Waals surface area contributed by atoms with Crippen molar-refractivity contribution in [1.82, 2.24) is 14.0 Å². The van der Waals surface area contributed by atoms with Crippen LogP contribution in [0.2, 0.25) is 0 Å². The normalized spacial score (nSPS) is 11.2. The van der Waals surface area contributed by atoms with E-state index in [9.17, 15) is 9.59 Å². The zero-order valence-electron chi connectivity index (χ0n) is 17.9. The van der Waals surface area contributed by atoms with Crippen molar-refractivity contribution in [2.24, 2.45) is 0 Å². The van der Waals surface area contributed by atoms with Gasteiger partial charge < -0.3 is 9.88 Å². The topological polar surface area (TPSA) is 68.4 Å². The van der Waals surface area contributed by atoms with Gasteiger partial charge in [0.2, 0.25) is 0 Å². The van der Waals surface area contributed by atoms with Gasteiger partial charge in [0.05, 0.1) is 5.39 Å². The molecular formula is C26H22N4O2. The number of fused-ring (bicyclic) bond motifs is 2. The van der Waals surface area contributed by atoms with Crippen molar-refractivity contribution in [2.75, 3.05) is 5.32 Å². The number of aromatic nitrogens is 3. The number of carbonyl (C=O) groups is 1. The number of benzene rings is 2. The molecule has 3 heterocycles. The molecule has 32 heavy (non-hydrogen) atoms. The summed E-state index contributed by atoms with van der Waals surface area (Å²) in [5.41, 5.74) is 4.98. The molecule has 0 radical (unpaired) electrons. The minimum absolute atomic E-state index is 0.190. The SMILES string of the molecule is Cc1cccc(NC(=O)c2cc3c(=O)n4cc(C)ccc4nc3n2Cc2ccccc2)c1. The van der Waals surface area contributed by atoms with Gasteiger partial charge in [0.25, 0.3) is 11.5 Å². The number of amides is 1. The van der Waals surface area contributed by atoms with Gasteiger partial charge in [-0.05, 0) is 54.8 Å². The molecule has 0 aliphatic heterocycles. The number of nitrogens with zero attached hydrogens (tertiary/aromatic N) is 3. The first kappa shape index (κ1) is 19.8. The highest BCUT2D eigenvalue weighted by molar-refractivity contribution is 6.06. The Bertz CT molecular complexity index is 1530. The molecule has 0 aliphatic carbocycles. The summed E-state index contributed by atoms with van der Waals surface area (Å²) < 4.78 is 3.35. The van der Waals surface area contributed by atoms with Crippen molar-refractivity contribution in [2.45, 2.75) is 20.4 Å². The van der Waals surface area contributed by atoms with Crippen molar-refractivity contribution >= 4 is 28.3 Å². The molecule has 0 unspecified atom stereocenters. The number of aryl methyl sites for hydroxylation is 2. The van der Waals surface area contributed by atoms with E-state index in [1.54, 1.807) is 12.3 Å². The molecule has 0 bridgehead atoms. The smallest absolute Gasteiger partial charge is 0.272 e. The van der Waals surface area contributed by atoms with E-state index in [1.165, 1.54) is 4.40 Å². The van der Waals surface area contributed by atoms with Crippen LogP contribution in [0.25, 0.3) is 16.7 Å². The van der Waals surface area contributed by atoms with Gasteiger partial charge >= 0.3 is 0 Å². The van der Waals surface area contributed by atoms with Crippen molar-refractivity contribution < 1.29 is 4.79 Å². The van der Waals surface area contributed by atoms with Crippen LogP contribution in [0.3, 0.4) is 0 Å². The van der Waals surface area contributed by atoms with Crippen molar-refractivity contribution in [1.29, 1.82) is 0 Å². The molecule has 158 valence electrons. The number of nitrogens with one attached hydrogen (secondary N) is 1. The molecule has 2 aromatic carbocycles. The lowest BCUT2D eigenvalue weighted by atomic mass is 10.2. The van der Waals surface area contributed by atoms with Gasteiger partial charge in [-0.1, -0.05) is 48.5 Å². The van der Waals surface area contributed by atoms with E-state index >= 15 is 0 Å². The molecule has 0 spiro atoms. The Kier molecular flexibility index (Phi) is 4.82. The highest BCUT2D eigenvalue weighted by Gasteiger charge is 2.20. The Morgan fingerprint density at radius 1 is 0.938 bits per heavy atom. The first-order chi connectivity index (χ1) is 15.5. The van der Waals surface area contributed by atoms with E-state index in [4.69, 9.17) is 4.98 Å². The predicted molar refractivity (Wildman–Crippen MR) is 126 cm³/mol. The quantitative estimate of drug-likeness (QED) is 0.461. The zero-order chi connectivity index (χ0) is 22.2. The van der Waals surface area contributed by atoms with Crippen LogP contribution in [0.4, 0.5) is 5.69 Å². The summed E-state index contributed by atoms with van der Waals surface area (Å²) in [6.45, 7) is 4.33. The van der Waals surface area contributed by atoms with E-state index in [0.29, 0.717) is 34.6 Å². The van der Waals surface area contributed by atoms with Crippen LogP contribution >= 0.6 is 0 Å². The molecule has 6 nitrogen and oxygen atoms in total. The maximum atomic E-state index is 13.3. The molecule has 3 aromatic heterocycles. The Hall–Kier alpha value is -4.19. The minimum atomic E-state index is -0.283. The maximum absolute atomic E-state index is 13.3. The zero-order valence-corrected chi connectivity index (χ0v) is 17.9. The Morgan fingerprint density at radius 3 is 2.53 bits per heavy atom. The highest BCUT2D eigenvalue weighted by atomic mass is 16.2. The molecule has 0 saturated carbocycles. The molecule has 1 amide bonds. The molecule has 5 aromatic rings. The van der Waals surface area contributed by atoms with Crippen molar-refractivity contribution in [3.8, 4) is 0 Å². The van der Waals surface area contributed by atoms with Gasteiger partial charge in [0.1, 0.15) is 17.0 Å². The summed E-state index contributed by atoms with van der Waals surface area (Å²) >= 11 is 0. The van der Waals surface area contributed by atoms with Crippen molar-refractivity contribution in [3.05, 3.63) is 112 Å². The number of hydrogen-bond donors (Lipinski definition) is 1. The fourth-order valence-corrected chi connectivity index (χ4v) is 3.94. The van der Waals surface area contributed by atoms with E-state index in [1.807, 2.05) is 85.1 Å². The van der Waals surface area contributed by atoms with Crippen molar-refractivity contribution in [3.63, 3.8) is 0 Å². The van der Waals surface area contributed by atoms with Gasteiger partial charge in [0, 0.05) is 18.4 Å². The van der Waals surface area contributed by atoms with Crippen LogP contribution in [0, 0.1) is 13.8 Å². The van der Waals surface area contributed by atoms with E-state index < -0.39 is 0 Å². The van der Waals surface area contributed by atoms with Crippen LogP contribution < -0.4 is 10.9 Å². The summed E-state index contributed by atoms with van der Waals surface area (Å²) in [4.78, 5) is 31.3.